The molecule has 0 aromatic heterocycles. The Balaban J connectivity index is 2.04. The molecule has 21 heavy (non-hydrogen) atoms. The number of hydrogen-bond acceptors (Lipinski definition) is 4. The highest BCUT2D eigenvalue weighted by Gasteiger charge is 2.14. The van der Waals surface area contributed by atoms with Gasteiger partial charge in [-0.05, 0) is 30.2 Å². The van der Waals surface area contributed by atoms with E-state index in [1.54, 1.807) is 24.3 Å². The van der Waals surface area contributed by atoms with Crippen molar-refractivity contribution in [2.24, 2.45) is 0 Å². The standard InChI is InChI=1S/C15H17NO5/c1-2-7-16(9-15(18)19)14(17)6-4-11-3-5-12-13(8-11)21-10-20-12/h3-6,8H,2,7,9-10H2,1H3,(H,18,19). The maximum Gasteiger partial charge on any atom is 0.323 e. The normalized spacial score (nSPS) is 12.6. The summed E-state index contributed by atoms with van der Waals surface area (Å²) in [6.45, 7) is 2.21. The van der Waals surface area contributed by atoms with Crippen LogP contribution < -0.4 is 9.47 Å². The predicted octanol–water partition coefficient (Wildman–Crippen LogP) is 1.75. The van der Waals surface area contributed by atoms with Crippen molar-refractivity contribution < 1.29 is 24.2 Å². The first-order valence-corrected chi connectivity index (χ1v) is 6.68. The van der Waals surface area contributed by atoms with Gasteiger partial charge in [0.15, 0.2) is 11.5 Å². The lowest BCUT2D eigenvalue weighted by atomic mass is 10.2. The zero-order chi connectivity index (χ0) is 15.2. The lowest BCUT2D eigenvalue weighted by molar-refractivity contribution is -0.142. The molecule has 0 unspecified atom stereocenters. The second-order valence-corrected chi connectivity index (χ2v) is 4.60. The van der Waals surface area contributed by atoms with Gasteiger partial charge >= 0.3 is 5.97 Å². The Morgan fingerprint density at radius 2 is 2.10 bits per heavy atom. The highest BCUT2D eigenvalue weighted by molar-refractivity contribution is 5.93. The van der Waals surface area contributed by atoms with Crippen LogP contribution in [0.25, 0.3) is 6.08 Å². The molecular formula is C15H17NO5. The van der Waals surface area contributed by atoms with Gasteiger partial charge in [0.25, 0.3) is 0 Å². The molecule has 1 amide bonds. The van der Waals surface area contributed by atoms with Crippen LogP contribution in [0, 0.1) is 0 Å². The molecule has 2 rings (SSSR count). The molecule has 0 bridgehead atoms. The number of aliphatic carboxylic acids is 1. The fraction of sp³-hybridized carbons (Fsp3) is 0.333. The van der Waals surface area contributed by atoms with Gasteiger partial charge in [-0.2, -0.15) is 0 Å². The molecule has 1 aromatic rings. The number of amides is 1. The number of rotatable bonds is 6. The first kappa shape index (κ1) is 14.9. The van der Waals surface area contributed by atoms with Crippen LogP contribution in [0.5, 0.6) is 11.5 Å². The Bertz CT molecular complexity index is 567. The largest absolute Gasteiger partial charge is 0.480 e. The first-order chi connectivity index (χ1) is 10.1. The van der Waals surface area contributed by atoms with E-state index in [-0.39, 0.29) is 19.2 Å². The van der Waals surface area contributed by atoms with Crippen molar-refractivity contribution in [1.29, 1.82) is 0 Å². The first-order valence-electron chi connectivity index (χ1n) is 6.68. The Morgan fingerprint density at radius 1 is 1.33 bits per heavy atom. The maximum atomic E-state index is 12.0. The number of carbonyl (C=O) groups excluding carboxylic acids is 1. The molecule has 0 spiro atoms. The van der Waals surface area contributed by atoms with Gasteiger partial charge in [0.2, 0.25) is 12.7 Å². The second kappa shape index (κ2) is 6.78. The van der Waals surface area contributed by atoms with Gasteiger partial charge in [0.1, 0.15) is 6.54 Å². The van der Waals surface area contributed by atoms with Crippen molar-refractivity contribution in [3.8, 4) is 11.5 Å². The van der Waals surface area contributed by atoms with E-state index < -0.39 is 5.97 Å². The monoisotopic (exact) mass is 291 g/mol. The summed E-state index contributed by atoms with van der Waals surface area (Å²) in [7, 11) is 0. The van der Waals surface area contributed by atoms with Gasteiger partial charge in [-0.1, -0.05) is 13.0 Å². The van der Waals surface area contributed by atoms with Crippen molar-refractivity contribution in [2.75, 3.05) is 19.9 Å². The van der Waals surface area contributed by atoms with Gasteiger partial charge < -0.3 is 19.5 Å². The number of ether oxygens (including phenoxy) is 2. The Morgan fingerprint density at radius 3 is 2.81 bits per heavy atom. The molecule has 1 aromatic carbocycles. The van der Waals surface area contributed by atoms with Crippen LogP contribution in [0.2, 0.25) is 0 Å². The quantitative estimate of drug-likeness (QED) is 0.808. The molecule has 0 saturated carbocycles. The van der Waals surface area contributed by atoms with Gasteiger partial charge in [0.05, 0.1) is 0 Å². The topological polar surface area (TPSA) is 76.1 Å². The SMILES string of the molecule is CCCN(CC(=O)O)C(=O)C=Cc1ccc2c(c1)OCO2. The summed E-state index contributed by atoms with van der Waals surface area (Å²) in [6.07, 6.45) is 3.71. The molecule has 1 N–H and O–H groups in total. The summed E-state index contributed by atoms with van der Waals surface area (Å²) >= 11 is 0. The number of carbonyl (C=O) groups is 2. The zero-order valence-corrected chi connectivity index (χ0v) is 11.7. The van der Waals surface area contributed by atoms with Crippen LogP contribution in [0.4, 0.5) is 0 Å². The third-order valence-electron chi connectivity index (χ3n) is 2.95. The number of hydrogen-bond donors (Lipinski definition) is 1. The minimum atomic E-state index is -1.02. The lowest BCUT2D eigenvalue weighted by Gasteiger charge is -2.17. The smallest absolute Gasteiger partial charge is 0.323 e. The Kier molecular flexibility index (Phi) is 4.81. The van der Waals surface area contributed by atoms with Gasteiger partial charge in [-0.15, -0.1) is 0 Å². The van der Waals surface area contributed by atoms with Crippen LogP contribution in [-0.4, -0.2) is 41.8 Å². The molecule has 0 atom stereocenters. The van der Waals surface area contributed by atoms with E-state index in [1.165, 1.54) is 11.0 Å². The summed E-state index contributed by atoms with van der Waals surface area (Å²) in [6, 6.07) is 5.35. The lowest BCUT2D eigenvalue weighted by Crippen LogP contribution is -2.35. The van der Waals surface area contributed by atoms with Crippen LogP contribution in [-0.2, 0) is 9.59 Å². The summed E-state index contributed by atoms with van der Waals surface area (Å²) < 4.78 is 10.5. The molecule has 1 heterocycles. The summed E-state index contributed by atoms with van der Waals surface area (Å²) in [5, 5.41) is 8.80. The van der Waals surface area contributed by atoms with Crippen molar-refractivity contribution in [1.82, 2.24) is 4.90 Å². The van der Waals surface area contributed by atoms with E-state index in [1.807, 2.05) is 6.92 Å². The minimum absolute atomic E-state index is 0.199. The Hall–Kier alpha value is -2.50. The fourth-order valence-corrected chi connectivity index (χ4v) is 1.99. The maximum absolute atomic E-state index is 12.0. The highest BCUT2D eigenvalue weighted by Crippen LogP contribution is 2.32. The molecule has 0 fully saturated rings. The van der Waals surface area contributed by atoms with E-state index in [9.17, 15) is 9.59 Å². The van der Waals surface area contributed by atoms with Crippen molar-refractivity contribution in [3.63, 3.8) is 0 Å². The van der Waals surface area contributed by atoms with E-state index in [0.29, 0.717) is 24.5 Å². The molecule has 1 aliphatic rings. The third-order valence-corrected chi connectivity index (χ3v) is 2.95. The van der Waals surface area contributed by atoms with E-state index in [2.05, 4.69) is 0 Å². The fourth-order valence-electron chi connectivity index (χ4n) is 1.99. The summed E-state index contributed by atoms with van der Waals surface area (Å²) in [5.41, 5.74) is 0.791. The second-order valence-electron chi connectivity index (χ2n) is 4.60. The molecule has 1 aliphatic heterocycles. The van der Waals surface area contributed by atoms with Crippen molar-refractivity contribution in [3.05, 3.63) is 29.8 Å². The molecule has 6 heteroatoms. The number of carboxylic acid groups (broad SMARTS) is 1. The highest BCUT2D eigenvalue weighted by atomic mass is 16.7. The van der Waals surface area contributed by atoms with Crippen LogP contribution in [0.15, 0.2) is 24.3 Å². The number of nitrogens with zero attached hydrogens (tertiary/aromatic N) is 1. The Labute approximate surface area is 122 Å². The van der Waals surface area contributed by atoms with E-state index in [4.69, 9.17) is 14.6 Å². The average molecular weight is 291 g/mol. The molecule has 0 radical (unpaired) electrons. The minimum Gasteiger partial charge on any atom is -0.480 e. The van der Waals surface area contributed by atoms with Gasteiger partial charge in [-0.3, -0.25) is 9.59 Å². The number of benzene rings is 1. The average Bonchev–Trinajstić information content (AvgIpc) is 2.91. The molecular weight excluding hydrogens is 274 g/mol. The molecule has 0 aliphatic carbocycles. The van der Waals surface area contributed by atoms with E-state index >= 15 is 0 Å². The third kappa shape index (κ3) is 3.98. The number of fused-ring (bicyclic) bond motifs is 1. The van der Waals surface area contributed by atoms with E-state index in [0.717, 1.165) is 5.56 Å². The summed E-state index contributed by atoms with van der Waals surface area (Å²) in [5.74, 6) is -0.0253. The zero-order valence-electron chi connectivity index (χ0n) is 11.7. The van der Waals surface area contributed by atoms with Crippen LogP contribution in [0.3, 0.4) is 0 Å². The van der Waals surface area contributed by atoms with Crippen LogP contribution in [0.1, 0.15) is 18.9 Å². The summed E-state index contributed by atoms with van der Waals surface area (Å²) in [4.78, 5) is 24.0. The van der Waals surface area contributed by atoms with Crippen molar-refractivity contribution >= 4 is 18.0 Å². The predicted molar refractivity (Wildman–Crippen MR) is 76.1 cm³/mol. The van der Waals surface area contributed by atoms with Gasteiger partial charge in [-0.25, -0.2) is 0 Å². The van der Waals surface area contributed by atoms with Crippen molar-refractivity contribution in [2.45, 2.75) is 13.3 Å². The van der Waals surface area contributed by atoms with Gasteiger partial charge in [0, 0.05) is 12.6 Å². The molecule has 112 valence electrons. The molecule has 6 nitrogen and oxygen atoms in total. The molecule has 0 saturated heterocycles. The number of carboxylic acids is 1. The van der Waals surface area contributed by atoms with Crippen LogP contribution >= 0.6 is 0 Å².